The number of hydrogen-bond acceptors (Lipinski definition) is 0. The Bertz CT molecular complexity index is 518. The lowest BCUT2D eigenvalue weighted by molar-refractivity contribution is 0.354. The predicted molar refractivity (Wildman–Crippen MR) is 56.6 cm³/mol. The molecule has 98 valence electrons. The fraction of sp³-hybridized carbons (Fsp3) is 0.385. The molecule has 1 aliphatic rings. The molecule has 0 heterocycles. The van der Waals surface area contributed by atoms with Gasteiger partial charge < -0.3 is 0 Å². The Hall–Kier alpha value is -1.39. The second-order valence-electron chi connectivity index (χ2n) is 4.85. The highest BCUT2D eigenvalue weighted by Gasteiger charge is 2.38. The third kappa shape index (κ3) is 1.72. The van der Waals surface area contributed by atoms with Crippen LogP contribution in [0.3, 0.4) is 0 Å². The minimum atomic E-state index is -2.11. The number of rotatable bonds is 1. The van der Waals surface area contributed by atoms with Crippen LogP contribution in [0.5, 0.6) is 0 Å². The van der Waals surface area contributed by atoms with E-state index in [0.717, 1.165) is 5.57 Å². The van der Waals surface area contributed by atoms with Gasteiger partial charge >= 0.3 is 0 Å². The molecule has 0 unspecified atom stereocenters. The van der Waals surface area contributed by atoms with Gasteiger partial charge in [0.05, 0.1) is 0 Å². The Morgan fingerprint density at radius 2 is 1.33 bits per heavy atom. The molecule has 0 spiro atoms. The van der Waals surface area contributed by atoms with Gasteiger partial charge in [-0.15, -0.1) is 0 Å². The van der Waals surface area contributed by atoms with Gasteiger partial charge in [-0.2, -0.15) is 0 Å². The Morgan fingerprint density at radius 3 is 1.72 bits per heavy atom. The molecule has 0 bridgehead atoms. The van der Waals surface area contributed by atoms with Crippen LogP contribution < -0.4 is 0 Å². The van der Waals surface area contributed by atoms with Crippen molar-refractivity contribution in [2.24, 2.45) is 0 Å². The van der Waals surface area contributed by atoms with Gasteiger partial charge in [0.25, 0.3) is 0 Å². The van der Waals surface area contributed by atoms with E-state index in [2.05, 4.69) is 0 Å². The van der Waals surface area contributed by atoms with Crippen molar-refractivity contribution >= 4 is 0 Å². The first-order valence-electron chi connectivity index (χ1n) is 5.48. The standard InChI is InChI=1S/C13H11F5/c1-6-3-4-13(2,5-6)7-8(14)10(16)12(18)11(17)9(7)15/h5H,3-4H2,1-2H3/t13-/m1/s1. The van der Waals surface area contributed by atoms with Gasteiger partial charge in [-0.1, -0.05) is 18.6 Å². The van der Waals surface area contributed by atoms with Crippen LogP contribution in [0.4, 0.5) is 22.0 Å². The molecule has 0 N–H and O–H groups in total. The zero-order chi connectivity index (χ0) is 13.7. The van der Waals surface area contributed by atoms with E-state index in [1.807, 2.05) is 0 Å². The average molecular weight is 262 g/mol. The molecule has 1 atom stereocenters. The Morgan fingerprint density at radius 1 is 0.889 bits per heavy atom. The molecule has 0 amide bonds. The molecular formula is C13H11F5. The second kappa shape index (κ2) is 4.07. The normalized spacial score (nSPS) is 23.4. The van der Waals surface area contributed by atoms with Crippen LogP contribution in [-0.2, 0) is 5.41 Å². The van der Waals surface area contributed by atoms with E-state index >= 15 is 0 Å². The van der Waals surface area contributed by atoms with Gasteiger partial charge in [0, 0.05) is 11.0 Å². The summed E-state index contributed by atoms with van der Waals surface area (Å²) in [6.07, 6.45) is 2.47. The molecule has 0 radical (unpaired) electrons. The Balaban J connectivity index is 2.73. The van der Waals surface area contributed by atoms with Crippen molar-refractivity contribution in [2.45, 2.75) is 32.1 Å². The first-order valence-corrected chi connectivity index (χ1v) is 5.48. The predicted octanol–water partition coefficient (Wildman–Crippen LogP) is 4.38. The monoisotopic (exact) mass is 262 g/mol. The fourth-order valence-electron chi connectivity index (χ4n) is 2.45. The molecule has 2 rings (SSSR count). The summed E-state index contributed by atoms with van der Waals surface area (Å²) in [6, 6.07) is 0. The zero-order valence-electron chi connectivity index (χ0n) is 9.88. The molecule has 5 heteroatoms. The third-order valence-corrected chi connectivity index (χ3v) is 3.38. The number of benzene rings is 1. The topological polar surface area (TPSA) is 0 Å². The first kappa shape index (κ1) is 13.1. The Kier molecular flexibility index (Phi) is 2.95. The summed E-state index contributed by atoms with van der Waals surface area (Å²) < 4.78 is 66.6. The summed E-state index contributed by atoms with van der Waals surface area (Å²) in [5, 5.41) is 0. The van der Waals surface area contributed by atoms with Crippen LogP contribution in [0.2, 0.25) is 0 Å². The lowest BCUT2D eigenvalue weighted by atomic mass is 9.81. The largest absolute Gasteiger partial charge is 0.203 e. The van der Waals surface area contributed by atoms with Crippen molar-refractivity contribution in [3.8, 4) is 0 Å². The minimum Gasteiger partial charge on any atom is -0.203 e. The first-order chi connectivity index (χ1) is 8.28. The second-order valence-corrected chi connectivity index (χ2v) is 4.85. The summed E-state index contributed by atoms with van der Waals surface area (Å²) in [5.41, 5.74) is -1.01. The zero-order valence-corrected chi connectivity index (χ0v) is 9.88. The van der Waals surface area contributed by atoms with Gasteiger partial charge in [0.15, 0.2) is 23.3 Å². The lowest BCUT2D eigenvalue weighted by Crippen LogP contribution is -2.22. The number of allylic oxidation sites excluding steroid dienone is 2. The molecule has 1 aromatic rings. The van der Waals surface area contributed by atoms with Crippen LogP contribution in [0.25, 0.3) is 0 Å². The van der Waals surface area contributed by atoms with E-state index < -0.39 is 40.1 Å². The van der Waals surface area contributed by atoms with Crippen LogP contribution in [-0.4, -0.2) is 0 Å². The van der Waals surface area contributed by atoms with Crippen molar-refractivity contribution in [1.82, 2.24) is 0 Å². The molecule has 18 heavy (non-hydrogen) atoms. The van der Waals surface area contributed by atoms with E-state index in [0.29, 0.717) is 12.8 Å². The minimum absolute atomic E-state index is 0.331. The third-order valence-electron chi connectivity index (χ3n) is 3.38. The molecule has 0 saturated heterocycles. The Labute approximate surface area is 101 Å². The maximum atomic E-state index is 13.7. The summed E-state index contributed by atoms with van der Waals surface area (Å²) in [4.78, 5) is 0. The quantitative estimate of drug-likeness (QED) is 0.305. The van der Waals surface area contributed by atoms with Gasteiger partial charge in [-0.05, 0) is 19.8 Å². The molecule has 0 nitrogen and oxygen atoms in total. The molecule has 1 aromatic carbocycles. The van der Waals surface area contributed by atoms with Gasteiger partial charge in [0.1, 0.15) is 0 Å². The van der Waals surface area contributed by atoms with Gasteiger partial charge in [-0.3, -0.25) is 0 Å². The van der Waals surface area contributed by atoms with E-state index in [1.54, 1.807) is 13.0 Å². The molecular weight excluding hydrogens is 251 g/mol. The molecule has 0 saturated carbocycles. The van der Waals surface area contributed by atoms with E-state index in [4.69, 9.17) is 0 Å². The van der Waals surface area contributed by atoms with Crippen LogP contribution in [0, 0.1) is 29.1 Å². The van der Waals surface area contributed by atoms with Crippen molar-refractivity contribution in [3.63, 3.8) is 0 Å². The van der Waals surface area contributed by atoms with E-state index in [9.17, 15) is 22.0 Å². The number of hydrogen-bond donors (Lipinski definition) is 0. The fourth-order valence-corrected chi connectivity index (χ4v) is 2.45. The van der Waals surface area contributed by atoms with Crippen molar-refractivity contribution in [1.29, 1.82) is 0 Å². The van der Waals surface area contributed by atoms with Crippen molar-refractivity contribution < 1.29 is 22.0 Å². The highest BCUT2D eigenvalue weighted by atomic mass is 19.2. The summed E-state index contributed by atoms with van der Waals surface area (Å²) >= 11 is 0. The maximum Gasteiger partial charge on any atom is 0.200 e. The lowest BCUT2D eigenvalue weighted by Gasteiger charge is -2.24. The molecule has 0 fully saturated rings. The van der Waals surface area contributed by atoms with Gasteiger partial charge in [-0.25, -0.2) is 22.0 Å². The summed E-state index contributed by atoms with van der Waals surface area (Å²) in [5.74, 6) is -9.36. The SMILES string of the molecule is CC1=C[C@](C)(c2c(F)c(F)c(F)c(F)c2F)CC1. The van der Waals surface area contributed by atoms with Gasteiger partial charge in [0.2, 0.25) is 5.82 Å². The highest BCUT2D eigenvalue weighted by Crippen LogP contribution is 2.42. The summed E-state index contributed by atoms with van der Waals surface area (Å²) in [7, 11) is 0. The molecule has 1 aliphatic carbocycles. The summed E-state index contributed by atoms with van der Waals surface area (Å²) in [6.45, 7) is 3.24. The average Bonchev–Trinajstić information content (AvgIpc) is 2.65. The maximum absolute atomic E-state index is 13.7. The number of halogens is 5. The van der Waals surface area contributed by atoms with E-state index in [1.165, 1.54) is 6.92 Å². The molecule has 0 aliphatic heterocycles. The van der Waals surface area contributed by atoms with Crippen LogP contribution in [0.15, 0.2) is 11.6 Å². The molecule has 0 aromatic heterocycles. The highest BCUT2D eigenvalue weighted by molar-refractivity contribution is 5.38. The van der Waals surface area contributed by atoms with Crippen molar-refractivity contribution in [2.75, 3.05) is 0 Å². The smallest absolute Gasteiger partial charge is 0.200 e. The van der Waals surface area contributed by atoms with Crippen LogP contribution in [0.1, 0.15) is 32.3 Å². The van der Waals surface area contributed by atoms with Crippen molar-refractivity contribution in [3.05, 3.63) is 46.3 Å². The van der Waals surface area contributed by atoms with E-state index in [-0.39, 0.29) is 0 Å². The van der Waals surface area contributed by atoms with Crippen LogP contribution >= 0.6 is 0 Å².